The van der Waals surface area contributed by atoms with Crippen molar-refractivity contribution in [3.63, 3.8) is 0 Å². The molecular formula is C7H15NO3. The van der Waals surface area contributed by atoms with Gasteiger partial charge < -0.3 is 15.4 Å². The molecule has 0 amide bonds. The predicted molar refractivity (Wildman–Crippen MR) is 39.2 cm³/mol. The highest BCUT2D eigenvalue weighted by atomic mass is 16.5. The molecule has 1 heterocycles. The van der Waals surface area contributed by atoms with E-state index in [1.165, 1.54) is 0 Å². The zero-order chi connectivity index (χ0) is 8.59. The number of rotatable bonds is 0. The first kappa shape index (κ1) is 8.93. The molecule has 4 unspecified atom stereocenters. The maximum Gasteiger partial charge on any atom is 0.0974 e. The lowest BCUT2D eigenvalue weighted by atomic mass is 9.94. The minimum atomic E-state index is -0.837. The SMILES string of the molecule is CC1CC(O)C(O)C(C)N1O. The van der Waals surface area contributed by atoms with Crippen molar-refractivity contribution < 1.29 is 15.4 Å². The summed E-state index contributed by atoms with van der Waals surface area (Å²) in [5.41, 5.74) is 0. The Hall–Kier alpha value is -0.160. The molecule has 0 radical (unpaired) electrons. The lowest BCUT2D eigenvalue weighted by Crippen LogP contribution is -2.55. The monoisotopic (exact) mass is 161 g/mol. The van der Waals surface area contributed by atoms with Gasteiger partial charge in [0.25, 0.3) is 0 Å². The van der Waals surface area contributed by atoms with Crippen LogP contribution in [0.15, 0.2) is 0 Å². The molecule has 4 heteroatoms. The number of aliphatic hydroxyl groups excluding tert-OH is 2. The fourth-order valence-electron chi connectivity index (χ4n) is 1.48. The third-order valence-electron chi connectivity index (χ3n) is 2.34. The van der Waals surface area contributed by atoms with E-state index in [4.69, 9.17) is 0 Å². The summed E-state index contributed by atoms with van der Waals surface area (Å²) >= 11 is 0. The van der Waals surface area contributed by atoms with E-state index >= 15 is 0 Å². The molecule has 0 spiro atoms. The highest BCUT2D eigenvalue weighted by Gasteiger charge is 2.36. The summed E-state index contributed by atoms with van der Waals surface area (Å²) in [4.78, 5) is 0. The largest absolute Gasteiger partial charge is 0.390 e. The van der Waals surface area contributed by atoms with E-state index in [9.17, 15) is 15.4 Å². The molecule has 1 saturated heterocycles. The van der Waals surface area contributed by atoms with Gasteiger partial charge in [0.1, 0.15) is 0 Å². The second-order valence-corrected chi connectivity index (χ2v) is 3.26. The van der Waals surface area contributed by atoms with Gasteiger partial charge in [0.2, 0.25) is 0 Å². The lowest BCUT2D eigenvalue weighted by Gasteiger charge is -2.39. The third-order valence-corrected chi connectivity index (χ3v) is 2.34. The molecule has 4 nitrogen and oxygen atoms in total. The van der Waals surface area contributed by atoms with Crippen molar-refractivity contribution in [2.75, 3.05) is 0 Å². The van der Waals surface area contributed by atoms with Crippen LogP contribution in [0, 0.1) is 0 Å². The molecule has 0 bridgehead atoms. The quantitative estimate of drug-likeness (QED) is 0.451. The summed E-state index contributed by atoms with van der Waals surface area (Å²) < 4.78 is 0. The Morgan fingerprint density at radius 2 is 1.82 bits per heavy atom. The molecule has 0 aliphatic carbocycles. The normalized spacial score (nSPS) is 47.7. The average Bonchev–Trinajstić information content (AvgIpc) is 1.97. The molecule has 1 rings (SSSR count). The summed E-state index contributed by atoms with van der Waals surface area (Å²) in [6.07, 6.45) is -1.12. The van der Waals surface area contributed by atoms with E-state index in [1.54, 1.807) is 6.92 Å². The van der Waals surface area contributed by atoms with Crippen LogP contribution in [0.25, 0.3) is 0 Å². The van der Waals surface area contributed by atoms with Gasteiger partial charge >= 0.3 is 0 Å². The Morgan fingerprint density at radius 3 is 2.36 bits per heavy atom. The van der Waals surface area contributed by atoms with E-state index in [2.05, 4.69) is 0 Å². The second kappa shape index (κ2) is 3.06. The fourth-order valence-corrected chi connectivity index (χ4v) is 1.48. The van der Waals surface area contributed by atoms with E-state index in [0.717, 1.165) is 5.06 Å². The molecular weight excluding hydrogens is 146 g/mol. The van der Waals surface area contributed by atoms with Crippen LogP contribution in [0.5, 0.6) is 0 Å². The summed E-state index contributed by atoms with van der Waals surface area (Å²) in [7, 11) is 0. The Balaban J connectivity index is 2.63. The maximum absolute atomic E-state index is 9.30. The van der Waals surface area contributed by atoms with Crippen LogP contribution in [0.3, 0.4) is 0 Å². The minimum absolute atomic E-state index is 0.0802. The van der Waals surface area contributed by atoms with Gasteiger partial charge in [0, 0.05) is 6.04 Å². The topological polar surface area (TPSA) is 63.9 Å². The predicted octanol–water partition coefficient (Wildman–Crippen LogP) is -0.420. The van der Waals surface area contributed by atoms with Gasteiger partial charge in [-0.2, -0.15) is 5.06 Å². The summed E-state index contributed by atoms with van der Waals surface area (Å²) in [5, 5.41) is 28.9. The number of aliphatic hydroxyl groups is 2. The van der Waals surface area contributed by atoms with Gasteiger partial charge in [-0.1, -0.05) is 0 Å². The molecule has 3 N–H and O–H groups in total. The Bertz CT molecular complexity index is 128. The number of hydrogen-bond acceptors (Lipinski definition) is 4. The average molecular weight is 161 g/mol. The molecule has 0 saturated carbocycles. The summed E-state index contributed by atoms with van der Waals surface area (Å²) in [5.74, 6) is 0. The number of hydrogen-bond donors (Lipinski definition) is 3. The van der Waals surface area contributed by atoms with Crippen molar-refractivity contribution in [1.82, 2.24) is 5.06 Å². The number of piperidine rings is 1. The Kier molecular flexibility index (Phi) is 2.49. The van der Waals surface area contributed by atoms with Crippen molar-refractivity contribution in [1.29, 1.82) is 0 Å². The Labute approximate surface area is 66.0 Å². The molecule has 0 aromatic rings. The first-order chi connectivity index (χ1) is 5.04. The van der Waals surface area contributed by atoms with Gasteiger partial charge in [-0.05, 0) is 20.3 Å². The van der Waals surface area contributed by atoms with Crippen molar-refractivity contribution in [3.8, 4) is 0 Å². The molecule has 1 fully saturated rings. The molecule has 1 aliphatic rings. The molecule has 11 heavy (non-hydrogen) atoms. The Morgan fingerprint density at radius 1 is 1.27 bits per heavy atom. The van der Waals surface area contributed by atoms with Crippen LogP contribution in [0.1, 0.15) is 20.3 Å². The second-order valence-electron chi connectivity index (χ2n) is 3.26. The molecule has 0 aromatic carbocycles. The number of hydroxylamine groups is 2. The van der Waals surface area contributed by atoms with E-state index < -0.39 is 12.2 Å². The van der Waals surface area contributed by atoms with Crippen LogP contribution in [0.4, 0.5) is 0 Å². The van der Waals surface area contributed by atoms with Crippen LogP contribution >= 0.6 is 0 Å². The van der Waals surface area contributed by atoms with Gasteiger partial charge in [-0.25, -0.2) is 0 Å². The zero-order valence-electron chi connectivity index (χ0n) is 6.81. The van der Waals surface area contributed by atoms with Gasteiger partial charge in [-0.3, -0.25) is 0 Å². The smallest absolute Gasteiger partial charge is 0.0974 e. The maximum atomic E-state index is 9.30. The van der Waals surface area contributed by atoms with Gasteiger partial charge in [0.05, 0.1) is 18.2 Å². The van der Waals surface area contributed by atoms with Crippen LogP contribution in [0.2, 0.25) is 0 Å². The zero-order valence-corrected chi connectivity index (χ0v) is 6.81. The van der Waals surface area contributed by atoms with Crippen molar-refractivity contribution in [2.24, 2.45) is 0 Å². The minimum Gasteiger partial charge on any atom is -0.390 e. The highest BCUT2D eigenvalue weighted by molar-refractivity contribution is 4.86. The first-order valence-corrected chi connectivity index (χ1v) is 3.87. The molecule has 4 atom stereocenters. The van der Waals surface area contributed by atoms with Crippen LogP contribution in [-0.4, -0.2) is 44.8 Å². The third kappa shape index (κ3) is 1.54. The van der Waals surface area contributed by atoms with E-state index in [1.807, 2.05) is 6.92 Å². The standard InChI is InChI=1S/C7H15NO3/c1-4-3-6(9)7(10)5(2)8(4)11/h4-7,9-11H,3H2,1-2H3. The van der Waals surface area contributed by atoms with Crippen molar-refractivity contribution in [3.05, 3.63) is 0 Å². The summed E-state index contributed by atoms with van der Waals surface area (Å²) in [6.45, 7) is 3.50. The molecule has 66 valence electrons. The van der Waals surface area contributed by atoms with Gasteiger partial charge in [-0.15, -0.1) is 0 Å². The first-order valence-electron chi connectivity index (χ1n) is 3.87. The fraction of sp³-hybridized carbons (Fsp3) is 1.00. The summed E-state index contributed by atoms with van der Waals surface area (Å²) in [6, 6.07) is -0.461. The van der Waals surface area contributed by atoms with Crippen LogP contribution < -0.4 is 0 Å². The van der Waals surface area contributed by atoms with Gasteiger partial charge in [0.15, 0.2) is 0 Å². The highest BCUT2D eigenvalue weighted by Crippen LogP contribution is 2.21. The van der Waals surface area contributed by atoms with Crippen molar-refractivity contribution in [2.45, 2.75) is 44.6 Å². The molecule has 1 aliphatic heterocycles. The molecule has 0 aromatic heterocycles. The number of nitrogens with zero attached hydrogens (tertiary/aromatic N) is 1. The van der Waals surface area contributed by atoms with Crippen molar-refractivity contribution >= 4 is 0 Å². The lowest BCUT2D eigenvalue weighted by molar-refractivity contribution is -0.221. The van der Waals surface area contributed by atoms with E-state index in [0.29, 0.717) is 6.42 Å². The van der Waals surface area contributed by atoms with Crippen LogP contribution in [-0.2, 0) is 0 Å². The van der Waals surface area contributed by atoms with E-state index in [-0.39, 0.29) is 12.1 Å².